The van der Waals surface area contributed by atoms with E-state index in [1.807, 2.05) is 17.3 Å². The van der Waals surface area contributed by atoms with Crippen LogP contribution in [0.4, 0.5) is 0 Å². The zero-order chi connectivity index (χ0) is 14.0. The first-order valence-electron chi connectivity index (χ1n) is 5.26. The van der Waals surface area contributed by atoms with E-state index in [9.17, 15) is 14.4 Å². The van der Waals surface area contributed by atoms with Gasteiger partial charge in [-0.3, -0.25) is 14.3 Å². The maximum Gasteiger partial charge on any atom is 0.342 e. The van der Waals surface area contributed by atoms with E-state index in [0.717, 1.165) is 15.7 Å². The molecule has 1 aromatic heterocycles. The van der Waals surface area contributed by atoms with Crippen LogP contribution in [0.5, 0.6) is 0 Å². The van der Waals surface area contributed by atoms with Gasteiger partial charge in [-0.15, -0.1) is 11.8 Å². The summed E-state index contributed by atoms with van der Waals surface area (Å²) in [6.07, 6.45) is 2.92. The van der Waals surface area contributed by atoms with Crippen molar-refractivity contribution in [1.82, 2.24) is 9.55 Å². The molecule has 0 radical (unpaired) electrons. The third-order valence-electron chi connectivity index (χ3n) is 2.50. The number of carboxylic acids is 1. The highest BCUT2D eigenvalue weighted by Gasteiger charge is 2.12. The second-order valence-electron chi connectivity index (χ2n) is 3.68. The Bertz CT molecular complexity index is 748. The normalized spacial score (nSPS) is 10.4. The van der Waals surface area contributed by atoms with Gasteiger partial charge >= 0.3 is 11.7 Å². The molecule has 0 saturated heterocycles. The van der Waals surface area contributed by atoms with Crippen LogP contribution >= 0.6 is 11.8 Å². The second kappa shape index (κ2) is 5.15. The summed E-state index contributed by atoms with van der Waals surface area (Å²) in [5.74, 6) is -1.38. The van der Waals surface area contributed by atoms with Crippen LogP contribution < -0.4 is 11.2 Å². The fourth-order valence-corrected chi connectivity index (χ4v) is 2.03. The summed E-state index contributed by atoms with van der Waals surface area (Å²) in [5, 5.41) is 8.89. The first-order valence-corrected chi connectivity index (χ1v) is 6.49. The smallest absolute Gasteiger partial charge is 0.342 e. The molecule has 2 N–H and O–H groups in total. The van der Waals surface area contributed by atoms with Crippen LogP contribution in [-0.4, -0.2) is 26.9 Å². The molecule has 0 bridgehead atoms. The molecule has 0 aliphatic carbocycles. The van der Waals surface area contributed by atoms with Crippen molar-refractivity contribution in [2.24, 2.45) is 0 Å². The van der Waals surface area contributed by atoms with E-state index in [4.69, 9.17) is 5.11 Å². The predicted octanol–water partition coefficient (Wildman–Crippen LogP) is 0.946. The van der Waals surface area contributed by atoms with E-state index in [2.05, 4.69) is 0 Å². The minimum atomic E-state index is -1.38. The Morgan fingerprint density at radius 2 is 2.11 bits per heavy atom. The van der Waals surface area contributed by atoms with Crippen molar-refractivity contribution in [3.8, 4) is 5.69 Å². The number of aromatic nitrogens is 2. The predicted molar refractivity (Wildman–Crippen MR) is 71.4 cm³/mol. The first-order chi connectivity index (χ1) is 9.02. The molecular weight excluding hydrogens is 268 g/mol. The van der Waals surface area contributed by atoms with Crippen molar-refractivity contribution in [3.63, 3.8) is 0 Å². The number of rotatable bonds is 3. The van der Waals surface area contributed by atoms with Gasteiger partial charge < -0.3 is 5.11 Å². The van der Waals surface area contributed by atoms with Crippen LogP contribution in [0.3, 0.4) is 0 Å². The molecule has 19 heavy (non-hydrogen) atoms. The van der Waals surface area contributed by atoms with E-state index >= 15 is 0 Å². The molecule has 0 saturated carbocycles. The maximum absolute atomic E-state index is 11.7. The summed E-state index contributed by atoms with van der Waals surface area (Å²) in [6, 6.07) is 7.00. The molecule has 6 nitrogen and oxygen atoms in total. The summed E-state index contributed by atoms with van der Waals surface area (Å²) < 4.78 is 1.10. The lowest BCUT2D eigenvalue weighted by molar-refractivity contribution is 0.0694. The van der Waals surface area contributed by atoms with Crippen LogP contribution in [0.15, 0.2) is 44.9 Å². The first kappa shape index (κ1) is 13.2. The zero-order valence-electron chi connectivity index (χ0n) is 9.91. The SMILES string of the molecule is CSc1cccc(-n2cc(C(=O)O)c(=O)[nH]c2=O)c1. The van der Waals surface area contributed by atoms with Crippen LogP contribution in [0.1, 0.15) is 10.4 Å². The van der Waals surface area contributed by atoms with E-state index in [-0.39, 0.29) is 0 Å². The van der Waals surface area contributed by atoms with Crippen molar-refractivity contribution >= 4 is 17.7 Å². The number of nitrogens with one attached hydrogen (secondary N) is 1. The van der Waals surface area contributed by atoms with E-state index in [1.165, 1.54) is 11.8 Å². The number of benzene rings is 1. The van der Waals surface area contributed by atoms with Gasteiger partial charge in [0.15, 0.2) is 0 Å². The summed E-state index contributed by atoms with van der Waals surface area (Å²) in [6.45, 7) is 0. The average Bonchev–Trinajstić information content (AvgIpc) is 2.38. The Balaban J connectivity index is 2.68. The molecule has 1 aromatic carbocycles. The fraction of sp³-hybridized carbons (Fsp3) is 0.0833. The molecule has 7 heteroatoms. The number of hydrogen-bond acceptors (Lipinski definition) is 4. The monoisotopic (exact) mass is 278 g/mol. The lowest BCUT2D eigenvalue weighted by Crippen LogP contribution is -2.32. The lowest BCUT2D eigenvalue weighted by atomic mass is 10.3. The highest BCUT2D eigenvalue weighted by molar-refractivity contribution is 7.98. The highest BCUT2D eigenvalue weighted by atomic mass is 32.2. The molecule has 2 aromatic rings. The number of carboxylic acid groups (broad SMARTS) is 1. The second-order valence-corrected chi connectivity index (χ2v) is 4.56. The molecule has 0 spiro atoms. The largest absolute Gasteiger partial charge is 0.477 e. The number of hydrogen-bond donors (Lipinski definition) is 2. The molecule has 0 unspecified atom stereocenters. The Kier molecular flexibility index (Phi) is 3.57. The number of thioether (sulfide) groups is 1. The summed E-state index contributed by atoms with van der Waals surface area (Å²) in [7, 11) is 0. The molecule has 98 valence electrons. The van der Waals surface area contributed by atoms with E-state index in [1.54, 1.807) is 18.2 Å². The molecule has 0 amide bonds. The topological polar surface area (TPSA) is 92.2 Å². The van der Waals surface area contributed by atoms with E-state index < -0.39 is 22.8 Å². The van der Waals surface area contributed by atoms with Gasteiger partial charge in [0.25, 0.3) is 5.56 Å². The minimum Gasteiger partial charge on any atom is -0.477 e. The Morgan fingerprint density at radius 3 is 2.74 bits per heavy atom. The van der Waals surface area contributed by atoms with Crippen LogP contribution in [0, 0.1) is 0 Å². The van der Waals surface area contributed by atoms with Gasteiger partial charge in [0.1, 0.15) is 5.56 Å². The molecule has 0 atom stereocenters. The Morgan fingerprint density at radius 1 is 1.37 bits per heavy atom. The van der Waals surface area contributed by atoms with Crippen molar-refractivity contribution < 1.29 is 9.90 Å². The molecular formula is C12H10N2O4S. The van der Waals surface area contributed by atoms with Crippen molar-refractivity contribution in [2.75, 3.05) is 6.26 Å². The fourth-order valence-electron chi connectivity index (χ4n) is 1.58. The quantitative estimate of drug-likeness (QED) is 0.815. The molecule has 0 aliphatic heterocycles. The van der Waals surface area contributed by atoms with Crippen molar-refractivity contribution in [1.29, 1.82) is 0 Å². The average molecular weight is 278 g/mol. The molecule has 0 fully saturated rings. The minimum absolute atomic E-state index is 0.478. The Hall–Kier alpha value is -2.28. The van der Waals surface area contributed by atoms with Crippen molar-refractivity contribution in [3.05, 3.63) is 56.9 Å². The van der Waals surface area contributed by atoms with Gasteiger partial charge in [-0.1, -0.05) is 6.07 Å². The summed E-state index contributed by atoms with van der Waals surface area (Å²) in [5.41, 5.74) is -1.56. The van der Waals surface area contributed by atoms with Crippen molar-refractivity contribution in [2.45, 2.75) is 4.90 Å². The number of H-pyrrole nitrogens is 1. The van der Waals surface area contributed by atoms with Gasteiger partial charge in [0, 0.05) is 11.1 Å². The van der Waals surface area contributed by atoms with Crippen LogP contribution in [0.2, 0.25) is 0 Å². The third-order valence-corrected chi connectivity index (χ3v) is 3.23. The lowest BCUT2D eigenvalue weighted by Gasteiger charge is -2.07. The van der Waals surface area contributed by atoms with Gasteiger partial charge in [0.2, 0.25) is 0 Å². The zero-order valence-corrected chi connectivity index (χ0v) is 10.7. The number of nitrogens with zero attached hydrogens (tertiary/aromatic N) is 1. The molecule has 1 heterocycles. The maximum atomic E-state index is 11.7. The van der Waals surface area contributed by atoms with Gasteiger partial charge in [-0.2, -0.15) is 0 Å². The van der Waals surface area contributed by atoms with Gasteiger partial charge in [0.05, 0.1) is 5.69 Å². The number of carbonyl (C=O) groups is 1. The van der Waals surface area contributed by atoms with Gasteiger partial charge in [-0.25, -0.2) is 9.59 Å². The molecule has 0 aliphatic rings. The Labute approximate surface area is 111 Å². The van der Waals surface area contributed by atoms with E-state index in [0.29, 0.717) is 5.69 Å². The standard InChI is InChI=1S/C12H10N2O4S/c1-19-8-4-2-3-7(5-8)14-6-9(11(16)17)10(15)13-12(14)18/h2-6H,1H3,(H,16,17)(H,13,15,18). The third kappa shape index (κ3) is 2.60. The summed E-state index contributed by atoms with van der Waals surface area (Å²) in [4.78, 5) is 36.9. The van der Waals surface area contributed by atoms with Crippen LogP contribution in [0.25, 0.3) is 5.69 Å². The number of aromatic carboxylic acids is 1. The van der Waals surface area contributed by atoms with Crippen LogP contribution in [-0.2, 0) is 0 Å². The molecule has 2 rings (SSSR count). The summed E-state index contributed by atoms with van der Waals surface area (Å²) >= 11 is 1.49. The highest BCUT2D eigenvalue weighted by Crippen LogP contribution is 2.17. The van der Waals surface area contributed by atoms with Gasteiger partial charge in [-0.05, 0) is 24.5 Å². The number of aromatic amines is 1.